The molecule has 1 fully saturated rings. The lowest BCUT2D eigenvalue weighted by Gasteiger charge is -2.37. The highest BCUT2D eigenvalue weighted by atomic mass is 16.8. The van der Waals surface area contributed by atoms with Gasteiger partial charge in [-0.3, -0.25) is 4.84 Å². The lowest BCUT2D eigenvalue weighted by Crippen LogP contribution is -2.57. The van der Waals surface area contributed by atoms with E-state index in [9.17, 15) is 15.3 Å². The summed E-state index contributed by atoms with van der Waals surface area (Å²) < 4.78 is 4.92. The van der Waals surface area contributed by atoms with E-state index in [-0.39, 0.29) is 0 Å². The van der Waals surface area contributed by atoms with Crippen molar-refractivity contribution in [1.29, 1.82) is 0 Å². The van der Waals surface area contributed by atoms with Crippen molar-refractivity contribution in [2.24, 2.45) is 5.90 Å². The van der Waals surface area contributed by atoms with E-state index < -0.39 is 30.7 Å². The van der Waals surface area contributed by atoms with Gasteiger partial charge in [0.2, 0.25) is 6.29 Å². The van der Waals surface area contributed by atoms with Crippen LogP contribution in [0.3, 0.4) is 0 Å². The predicted molar refractivity (Wildman–Crippen MR) is 37.6 cm³/mol. The van der Waals surface area contributed by atoms with Crippen LogP contribution < -0.4 is 5.90 Å². The molecule has 5 N–H and O–H groups in total. The van der Waals surface area contributed by atoms with Crippen molar-refractivity contribution in [1.82, 2.24) is 0 Å². The van der Waals surface area contributed by atoms with Crippen molar-refractivity contribution in [3.05, 3.63) is 0 Å². The van der Waals surface area contributed by atoms with Crippen LogP contribution >= 0.6 is 0 Å². The van der Waals surface area contributed by atoms with Crippen LogP contribution in [0.5, 0.6) is 0 Å². The van der Waals surface area contributed by atoms with E-state index in [2.05, 4.69) is 4.84 Å². The van der Waals surface area contributed by atoms with E-state index in [0.29, 0.717) is 0 Å². The van der Waals surface area contributed by atoms with Crippen LogP contribution in [0.25, 0.3) is 0 Å². The summed E-state index contributed by atoms with van der Waals surface area (Å²) in [7, 11) is 0. The first-order valence-corrected chi connectivity index (χ1v) is 3.63. The fourth-order valence-corrected chi connectivity index (χ4v) is 1.13. The summed E-state index contributed by atoms with van der Waals surface area (Å²) >= 11 is 0. The van der Waals surface area contributed by atoms with E-state index in [1.807, 2.05) is 0 Å². The number of aliphatic hydroxyl groups excluding tert-OH is 3. The molecule has 0 aromatic heterocycles. The van der Waals surface area contributed by atoms with Gasteiger partial charge in [-0.25, -0.2) is 5.90 Å². The Balaban J connectivity index is 2.63. The van der Waals surface area contributed by atoms with Gasteiger partial charge in [-0.15, -0.1) is 0 Å². The molecule has 1 saturated heterocycles. The molecule has 12 heavy (non-hydrogen) atoms. The molecule has 6 heteroatoms. The van der Waals surface area contributed by atoms with Crippen molar-refractivity contribution < 1.29 is 24.9 Å². The van der Waals surface area contributed by atoms with Gasteiger partial charge >= 0.3 is 0 Å². The van der Waals surface area contributed by atoms with Crippen LogP contribution in [0.15, 0.2) is 0 Å². The maximum atomic E-state index is 9.20. The second-order valence-corrected chi connectivity index (χ2v) is 2.82. The largest absolute Gasteiger partial charge is 0.388 e. The third-order valence-electron chi connectivity index (χ3n) is 1.94. The number of hydrogen-bond acceptors (Lipinski definition) is 6. The molecule has 0 radical (unpaired) electrons. The van der Waals surface area contributed by atoms with Crippen molar-refractivity contribution in [2.45, 2.75) is 37.6 Å². The molecule has 1 rings (SSSR count). The Kier molecular flexibility index (Phi) is 2.99. The predicted octanol–water partition coefficient (Wildman–Crippen LogP) is -2.30. The van der Waals surface area contributed by atoms with Crippen molar-refractivity contribution in [2.75, 3.05) is 0 Å². The molecule has 3 unspecified atom stereocenters. The van der Waals surface area contributed by atoms with Crippen molar-refractivity contribution >= 4 is 0 Å². The minimum Gasteiger partial charge on any atom is -0.388 e. The van der Waals surface area contributed by atoms with Gasteiger partial charge in [0.25, 0.3) is 0 Å². The van der Waals surface area contributed by atoms with Crippen LogP contribution in [0.1, 0.15) is 6.92 Å². The Morgan fingerprint density at radius 3 is 2.25 bits per heavy atom. The zero-order valence-electron chi connectivity index (χ0n) is 6.62. The minimum absolute atomic E-state index is 0.614. The monoisotopic (exact) mass is 179 g/mol. The van der Waals surface area contributed by atoms with Crippen LogP contribution in [0.2, 0.25) is 0 Å². The molecule has 0 spiro atoms. The van der Waals surface area contributed by atoms with Gasteiger partial charge in [-0.1, -0.05) is 0 Å². The molecule has 1 aliphatic rings. The topological polar surface area (TPSA) is 105 Å². The maximum absolute atomic E-state index is 9.20. The molecule has 0 amide bonds. The molecule has 6 nitrogen and oxygen atoms in total. The molecule has 0 aromatic carbocycles. The van der Waals surface area contributed by atoms with Gasteiger partial charge in [0.1, 0.15) is 18.3 Å². The zero-order chi connectivity index (χ0) is 9.30. The lowest BCUT2D eigenvalue weighted by atomic mass is 10.0. The van der Waals surface area contributed by atoms with Crippen molar-refractivity contribution in [3.8, 4) is 0 Å². The normalized spacial score (nSPS) is 49.2. The quantitative estimate of drug-likeness (QED) is 0.337. The lowest BCUT2D eigenvalue weighted by molar-refractivity contribution is -0.294. The van der Waals surface area contributed by atoms with Crippen LogP contribution in [0, 0.1) is 0 Å². The Bertz CT molecular complexity index is 150. The highest BCUT2D eigenvalue weighted by molar-refractivity contribution is 4.86. The first kappa shape index (κ1) is 9.85. The van der Waals surface area contributed by atoms with Gasteiger partial charge in [-0.05, 0) is 6.92 Å². The summed E-state index contributed by atoms with van der Waals surface area (Å²) in [5.41, 5.74) is 0. The SMILES string of the molecule is CC1O[C@@H](ON)C(O)C(O)[C@@H]1O. The van der Waals surface area contributed by atoms with E-state index in [1.165, 1.54) is 0 Å². The molecule has 5 atom stereocenters. The van der Waals surface area contributed by atoms with Crippen LogP contribution in [-0.4, -0.2) is 46.0 Å². The van der Waals surface area contributed by atoms with Gasteiger partial charge < -0.3 is 20.1 Å². The second kappa shape index (κ2) is 3.65. The Labute approximate surface area is 69.5 Å². The third-order valence-corrected chi connectivity index (χ3v) is 1.94. The molecular formula is C6H13NO5. The summed E-state index contributed by atoms with van der Waals surface area (Å²) in [6.07, 6.45) is -5.43. The summed E-state index contributed by atoms with van der Waals surface area (Å²) in [6, 6.07) is 0. The molecule has 72 valence electrons. The van der Waals surface area contributed by atoms with Crippen LogP contribution in [0.4, 0.5) is 0 Å². The second-order valence-electron chi connectivity index (χ2n) is 2.82. The smallest absolute Gasteiger partial charge is 0.205 e. The first-order valence-electron chi connectivity index (χ1n) is 3.63. The number of ether oxygens (including phenoxy) is 1. The molecule has 1 aliphatic heterocycles. The average Bonchev–Trinajstić information content (AvgIpc) is 2.08. The molecule has 1 heterocycles. The van der Waals surface area contributed by atoms with Gasteiger partial charge in [0.05, 0.1) is 6.10 Å². The number of hydrogen-bond donors (Lipinski definition) is 4. The fraction of sp³-hybridized carbons (Fsp3) is 1.00. The third kappa shape index (κ3) is 1.58. The molecule has 0 aliphatic carbocycles. The van der Waals surface area contributed by atoms with Gasteiger partial charge in [0, 0.05) is 0 Å². The molecule has 0 saturated carbocycles. The number of nitrogens with two attached hydrogens (primary N) is 1. The van der Waals surface area contributed by atoms with Gasteiger partial charge in [0.15, 0.2) is 0 Å². The van der Waals surface area contributed by atoms with E-state index >= 15 is 0 Å². The van der Waals surface area contributed by atoms with Gasteiger partial charge in [-0.2, -0.15) is 0 Å². The highest BCUT2D eigenvalue weighted by Gasteiger charge is 2.42. The summed E-state index contributed by atoms with van der Waals surface area (Å²) in [5, 5.41) is 27.6. The van der Waals surface area contributed by atoms with Crippen LogP contribution in [-0.2, 0) is 9.57 Å². The summed E-state index contributed by atoms with van der Waals surface area (Å²) in [5.74, 6) is 4.79. The Morgan fingerprint density at radius 2 is 1.75 bits per heavy atom. The highest BCUT2D eigenvalue weighted by Crippen LogP contribution is 2.20. The first-order chi connectivity index (χ1) is 5.57. The van der Waals surface area contributed by atoms with E-state index in [0.717, 1.165) is 0 Å². The Hall–Kier alpha value is -0.240. The Morgan fingerprint density at radius 1 is 1.17 bits per heavy atom. The van der Waals surface area contributed by atoms with E-state index in [4.69, 9.17) is 10.6 Å². The fourth-order valence-electron chi connectivity index (χ4n) is 1.13. The molecule has 0 bridgehead atoms. The minimum atomic E-state index is -1.32. The van der Waals surface area contributed by atoms with Crippen molar-refractivity contribution in [3.63, 3.8) is 0 Å². The number of aliphatic hydroxyl groups is 3. The molecular weight excluding hydrogens is 166 g/mol. The molecule has 0 aromatic rings. The standard InChI is InChI=1S/C6H13NO5/c1-2-3(8)4(9)5(10)6(11-2)12-7/h2-6,8-10H,7H2,1H3/t2?,3-,4?,5?,6+/m1/s1. The maximum Gasteiger partial charge on any atom is 0.205 e. The summed E-state index contributed by atoms with van der Waals surface area (Å²) in [4.78, 5) is 4.25. The van der Waals surface area contributed by atoms with E-state index in [1.54, 1.807) is 6.92 Å². The number of rotatable bonds is 1. The summed E-state index contributed by atoms with van der Waals surface area (Å²) in [6.45, 7) is 1.55. The average molecular weight is 179 g/mol. The zero-order valence-corrected chi connectivity index (χ0v) is 6.62.